The highest BCUT2D eigenvalue weighted by atomic mass is 35.5. The van der Waals surface area contributed by atoms with E-state index in [1.807, 2.05) is 7.05 Å². The third-order valence-corrected chi connectivity index (χ3v) is 4.63. The van der Waals surface area contributed by atoms with Gasteiger partial charge in [-0.25, -0.2) is 4.79 Å². The summed E-state index contributed by atoms with van der Waals surface area (Å²) < 4.78 is 5.61. The van der Waals surface area contributed by atoms with E-state index in [9.17, 15) is 14.7 Å². The molecule has 150 valence electrons. The lowest BCUT2D eigenvalue weighted by Gasteiger charge is -2.16. The molecule has 0 unspecified atom stereocenters. The quantitative estimate of drug-likeness (QED) is 0.508. The number of amides is 1. The Morgan fingerprint density at radius 2 is 1.75 bits per heavy atom. The minimum atomic E-state index is -1.15. The van der Waals surface area contributed by atoms with Crippen LogP contribution < -0.4 is 15.4 Å². The van der Waals surface area contributed by atoms with Gasteiger partial charge in [0.2, 0.25) is 0 Å². The van der Waals surface area contributed by atoms with Crippen LogP contribution >= 0.6 is 23.2 Å². The van der Waals surface area contributed by atoms with Crippen molar-refractivity contribution in [3.63, 3.8) is 0 Å². The molecule has 1 amide bonds. The second kappa shape index (κ2) is 10.9. The van der Waals surface area contributed by atoms with Crippen molar-refractivity contribution in [1.82, 2.24) is 10.6 Å². The first-order chi connectivity index (χ1) is 13.4. The van der Waals surface area contributed by atoms with Crippen LogP contribution in [0.2, 0.25) is 10.0 Å². The highest BCUT2D eigenvalue weighted by Gasteiger charge is 2.23. The lowest BCUT2D eigenvalue weighted by Crippen LogP contribution is -2.42. The summed E-state index contributed by atoms with van der Waals surface area (Å²) in [6, 6.07) is 10.6. The van der Waals surface area contributed by atoms with Gasteiger partial charge in [0.25, 0.3) is 5.91 Å². The Hall–Kier alpha value is -2.28. The molecule has 28 heavy (non-hydrogen) atoms. The molecule has 0 heterocycles. The topological polar surface area (TPSA) is 87.7 Å². The molecule has 1 atom stereocenters. The van der Waals surface area contributed by atoms with Crippen molar-refractivity contribution in [3.8, 4) is 5.75 Å². The number of halogens is 2. The molecule has 0 bridgehead atoms. The molecule has 0 radical (unpaired) electrons. The van der Waals surface area contributed by atoms with E-state index in [-0.39, 0.29) is 22.0 Å². The van der Waals surface area contributed by atoms with E-state index in [0.717, 1.165) is 18.5 Å². The van der Waals surface area contributed by atoms with Gasteiger partial charge in [0.15, 0.2) is 0 Å². The second-order valence-corrected chi connectivity index (χ2v) is 6.93. The van der Waals surface area contributed by atoms with Crippen molar-refractivity contribution in [3.05, 3.63) is 63.6 Å². The third-order valence-electron chi connectivity index (χ3n) is 4.00. The SMILES string of the molecule is CNCCCOc1ccc(C[C@H](NC(=O)c2c(Cl)cccc2Cl)C(=O)O)cc1. The van der Waals surface area contributed by atoms with Gasteiger partial charge in [-0.1, -0.05) is 41.4 Å². The molecular formula is C20H22Cl2N2O4. The Labute approximate surface area is 173 Å². The minimum absolute atomic E-state index is 0.0578. The maximum absolute atomic E-state index is 12.4. The maximum atomic E-state index is 12.4. The first kappa shape index (κ1) is 22.0. The van der Waals surface area contributed by atoms with Crippen LogP contribution in [-0.2, 0) is 11.2 Å². The van der Waals surface area contributed by atoms with Gasteiger partial charge in [0.1, 0.15) is 11.8 Å². The number of benzene rings is 2. The molecule has 0 aromatic heterocycles. The fourth-order valence-corrected chi connectivity index (χ4v) is 3.11. The van der Waals surface area contributed by atoms with Gasteiger partial charge in [0.05, 0.1) is 22.2 Å². The second-order valence-electron chi connectivity index (χ2n) is 6.11. The van der Waals surface area contributed by atoms with Crippen LogP contribution in [0.1, 0.15) is 22.3 Å². The number of aliphatic carboxylic acids is 1. The Balaban J connectivity index is 2.01. The molecular weight excluding hydrogens is 403 g/mol. The Bertz CT molecular complexity index is 792. The number of carboxylic acids is 1. The molecule has 2 rings (SSSR count). The molecule has 0 saturated carbocycles. The van der Waals surface area contributed by atoms with Gasteiger partial charge in [-0.05, 0) is 49.8 Å². The van der Waals surface area contributed by atoms with Crippen molar-refractivity contribution in [2.45, 2.75) is 18.9 Å². The summed E-state index contributed by atoms with van der Waals surface area (Å²) in [7, 11) is 1.88. The van der Waals surface area contributed by atoms with Crippen molar-refractivity contribution in [2.75, 3.05) is 20.2 Å². The Morgan fingerprint density at radius 1 is 1.11 bits per heavy atom. The van der Waals surface area contributed by atoms with Crippen LogP contribution in [0.5, 0.6) is 5.75 Å². The molecule has 0 saturated heterocycles. The fourth-order valence-electron chi connectivity index (χ4n) is 2.54. The van der Waals surface area contributed by atoms with Crippen molar-refractivity contribution >= 4 is 35.1 Å². The summed E-state index contributed by atoms with van der Waals surface area (Å²) in [6.07, 6.45) is 0.999. The molecule has 2 aromatic rings. The van der Waals surface area contributed by atoms with E-state index in [2.05, 4.69) is 10.6 Å². The first-order valence-corrected chi connectivity index (χ1v) is 9.52. The van der Waals surface area contributed by atoms with Crippen LogP contribution in [0.25, 0.3) is 0 Å². The van der Waals surface area contributed by atoms with Crippen LogP contribution in [0.3, 0.4) is 0 Å². The van der Waals surface area contributed by atoms with Gasteiger partial charge in [-0.15, -0.1) is 0 Å². The smallest absolute Gasteiger partial charge is 0.326 e. The standard InChI is InChI=1S/C20H22Cl2N2O4/c1-23-10-3-11-28-14-8-6-13(7-9-14)12-17(20(26)27)24-19(25)18-15(21)4-2-5-16(18)22/h2,4-9,17,23H,3,10-12H2,1H3,(H,24,25)(H,26,27)/t17-/m0/s1. The monoisotopic (exact) mass is 424 g/mol. The van der Waals surface area contributed by atoms with E-state index >= 15 is 0 Å². The summed E-state index contributed by atoms with van der Waals surface area (Å²) in [5, 5.41) is 15.3. The lowest BCUT2D eigenvalue weighted by atomic mass is 10.1. The zero-order valence-electron chi connectivity index (χ0n) is 15.4. The number of rotatable bonds is 10. The highest BCUT2D eigenvalue weighted by Crippen LogP contribution is 2.24. The summed E-state index contributed by atoms with van der Waals surface area (Å²) in [5.41, 5.74) is 0.808. The van der Waals surface area contributed by atoms with Gasteiger partial charge < -0.3 is 20.5 Å². The number of hydrogen-bond donors (Lipinski definition) is 3. The van der Waals surface area contributed by atoms with Crippen LogP contribution in [0.4, 0.5) is 0 Å². The summed E-state index contributed by atoms with van der Waals surface area (Å²) in [5.74, 6) is -1.07. The molecule has 0 aliphatic heterocycles. The largest absolute Gasteiger partial charge is 0.494 e. The molecule has 3 N–H and O–H groups in total. The highest BCUT2D eigenvalue weighted by molar-refractivity contribution is 6.39. The average Bonchev–Trinajstić information content (AvgIpc) is 2.65. The summed E-state index contributed by atoms with van der Waals surface area (Å²) in [4.78, 5) is 24.0. The number of carbonyl (C=O) groups is 2. The van der Waals surface area contributed by atoms with Crippen LogP contribution in [0, 0.1) is 0 Å². The minimum Gasteiger partial charge on any atom is -0.494 e. The number of nitrogens with one attached hydrogen (secondary N) is 2. The van der Waals surface area contributed by atoms with Crippen molar-refractivity contribution in [1.29, 1.82) is 0 Å². The Morgan fingerprint density at radius 3 is 2.32 bits per heavy atom. The zero-order chi connectivity index (χ0) is 20.5. The van der Waals surface area contributed by atoms with Crippen LogP contribution in [-0.4, -0.2) is 43.2 Å². The number of ether oxygens (including phenoxy) is 1. The van der Waals surface area contributed by atoms with Gasteiger partial charge >= 0.3 is 5.97 Å². The zero-order valence-corrected chi connectivity index (χ0v) is 16.9. The fraction of sp³-hybridized carbons (Fsp3) is 0.300. The molecule has 8 heteroatoms. The predicted octanol–water partition coefficient (Wildman–Crippen LogP) is 3.41. The van der Waals surface area contributed by atoms with E-state index in [4.69, 9.17) is 27.9 Å². The van der Waals surface area contributed by atoms with Gasteiger partial charge in [-0.2, -0.15) is 0 Å². The summed E-state index contributed by atoms with van der Waals surface area (Å²) >= 11 is 12.0. The van der Waals surface area contributed by atoms with E-state index < -0.39 is 17.9 Å². The average molecular weight is 425 g/mol. The molecule has 0 aliphatic carbocycles. The molecule has 0 fully saturated rings. The molecule has 0 spiro atoms. The predicted molar refractivity (Wildman–Crippen MR) is 110 cm³/mol. The third kappa shape index (κ3) is 6.41. The maximum Gasteiger partial charge on any atom is 0.326 e. The summed E-state index contributed by atoms with van der Waals surface area (Å²) in [6.45, 7) is 1.46. The van der Waals surface area contributed by atoms with Gasteiger partial charge in [0, 0.05) is 6.42 Å². The van der Waals surface area contributed by atoms with E-state index in [0.29, 0.717) is 12.4 Å². The number of carbonyl (C=O) groups excluding carboxylic acids is 1. The van der Waals surface area contributed by atoms with E-state index in [1.54, 1.807) is 30.3 Å². The van der Waals surface area contributed by atoms with Crippen molar-refractivity contribution < 1.29 is 19.4 Å². The number of hydrogen-bond acceptors (Lipinski definition) is 4. The first-order valence-electron chi connectivity index (χ1n) is 8.76. The number of carboxylic acid groups (broad SMARTS) is 1. The normalized spacial score (nSPS) is 11.7. The van der Waals surface area contributed by atoms with Gasteiger partial charge in [-0.3, -0.25) is 4.79 Å². The molecule has 6 nitrogen and oxygen atoms in total. The molecule has 0 aliphatic rings. The van der Waals surface area contributed by atoms with Crippen molar-refractivity contribution in [2.24, 2.45) is 0 Å². The van der Waals surface area contributed by atoms with E-state index in [1.165, 1.54) is 12.1 Å². The molecule has 2 aromatic carbocycles. The lowest BCUT2D eigenvalue weighted by molar-refractivity contribution is -0.139. The van der Waals surface area contributed by atoms with Crippen LogP contribution in [0.15, 0.2) is 42.5 Å². The Kier molecular flexibility index (Phi) is 8.57.